The highest BCUT2D eigenvalue weighted by molar-refractivity contribution is 7.89. The minimum absolute atomic E-state index is 0.00636. The van der Waals surface area contributed by atoms with Crippen LogP contribution in [0.15, 0.2) is 83.8 Å². The third-order valence-electron chi connectivity index (χ3n) is 4.16. The molecular formula is C22H18N2O4S. The predicted octanol–water partition coefficient (Wildman–Crippen LogP) is 3.25. The summed E-state index contributed by atoms with van der Waals surface area (Å²) < 4.78 is 31.9. The Kier molecular flexibility index (Phi) is 6.39. The molecule has 0 atom stereocenters. The van der Waals surface area contributed by atoms with Crippen LogP contribution in [0, 0.1) is 11.3 Å². The lowest BCUT2D eigenvalue weighted by atomic mass is 10.0. The molecule has 3 rings (SSSR count). The summed E-state index contributed by atoms with van der Waals surface area (Å²) >= 11 is 0. The van der Waals surface area contributed by atoms with Gasteiger partial charge in [0.1, 0.15) is 19.2 Å². The van der Waals surface area contributed by atoms with Crippen LogP contribution in [0.4, 0.5) is 0 Å². The van der Waals surface area contributed by atoms with Gasteiger partial charge < -0.3 is 4.74 Å². The average Bonchev–Trinajstić information content (AvgIpc) is 2.77. The van der Waals surface area contributed by atoms with Crippen LogP contribution < -0.4 is 4.72 Å². The summed E-state index contributed by atoms with van der Waals surface area (Å²) in [6, 6.07) is 25.0. The molecule has 0 spiro atoms. The van der Waals surface area contributed by atoms with Crippen molar-refractivity contribution in [2.75, 3.05) is 6.54 Å². The fourth-order valence-corrected chi connectivity index (χ4v) is 3.79. The lowest BCUT2D eigenvalue weighted by Crippen LogP contribution is -2.31. The standard InChI is InChI=1S/C22H18N2O4S/c23-14-20-8-4-5-9-21(20)29(26,27)24-15-22(25)28-16-17-10-12-19(13-11-17)18-6-2-1-3-7-18/h1-13,24H,15-16H2. The van der Waals surface area contributed by atoms with Crippen molar-refractivity contribution < 1.29 is 17.9 Å². The molecule has 0 aliphatic rings. The molecule has 0 amide bonds. The Hall–Kier alpha value is -3.47. The maximum Gasteiger partial charge on any atom is 0.321 e. The number of hydrogen-bond donors (Lipinski definition) is 1. The first-order valence-electron chi connectivity index (χ1n) is 8.78. The van der Waals surface area contributed by atoms with Gasteiger partial charge in [0.2, 0.25) is 10.0 Å². The molecule has 0 bridgehead atoms. The Morgan fingerprint density at radius 2 is 1.52 bits per heavy atom. The first-order valence-corrected chi connectivity index (χ1v) is 10.3. The number of nitrogens with zero attached hydrogens (tertiary/aromatic N) is 1. The summed E-state index contributed by atoms with van der Waals surface area (Å²) in [5.74, 6) is -0.713. The molecule has 29 heavy (non-hydrogen) atoms. The monoisotopic (exact) mass is 406 g/mol. The van der Waals surface area contributed by atoms with Crippen molar-refractivity contribution in [2.45, 2.75) is 11.5 Å². The smallest absolute Gasteiger partial charge is 0.321 e. The van der Waals surface area contributed by atoms with Gasteiger partial charge in [0.25, 0.3) is 0 Å². The Balaban J connectivity index is 1.54. The lowest BCUT2D eigenvalue weighted by Gasteiger charge is -2.09. The fourth-order valence-electron chi connectivity index (χ4n) is 2.66. The zero-order chi connectivity index (χ0) is 20.7. The minimum Gasteiger partial charge on any atom is -0.460 e. The highest BCUT2D eigenvalue weighted by atomic mass is 32.2. The van der Waals surface area contributed by atoms with Crippen LogP contribution >= 0.6 is 0 Å². The van der Waals surface area contributed by atoms with E-state index in [1.165, 1.54) is 18.2 Å². The van der Waals surface area contributed by atoms with Crippen molar-refractivity contribution in [3.05, 3.63) is 90.0 Å². The molecule has 1 N–H and O–H groups in total. The van der Waals surface area contributed by atoms with Crippen LogP contribution in [0.5, 0.6) is 0 Å². The highest BCUT2D eigenvalue weighted by Crippen LogP contribution is 2.19. The van der Waals surface area contributed by atoms with E-state index in [9.17, 15) is 13.2 Å². The summed E-state index contributed by atoms with van der Waals surface area (Å²) in [4.78, 5) is 11.7. The Labute approximate surface area is 169 Å². The maximum absolute atomic E-state index is 12.3. The molecule has 0 aromatic heterocycles. The van der Waals surface area contributed by atoms with Gasteiger partial charge in [-0.3, -0.25) is 4.79 Å². The number of nitriles is 1. The number of esters is 1. The van der Waals surface area contributed by atoms with Crippen LogP contribution in [0.1, 0.15) is 11.1 Å². The quantitative estimate of drug-likeness (QED) is 0.608. The number of rotatable bonds is 7. The second kappa shape index (κ2) is 9.15. The van der Waals surface area contributed by atoms with Gasteiger partial charge in [-0.15, -0.1) is 0 Å². The van der Waals surface area contributed by atoms with Crippen molar-refractivity contribution in [2.24, 2.45) is 0 Å². The molecule has 6 nitrogen and oxygen atoms in total. The Morgan fingerprint density at radius 3 is 2.21 bits per heavy atom. The number of ether oxygens (including phenoxy) is 1. The van der Waals surface area contributed by atoms with Crippen molar-refractivity contribution in [1.29, 1.82) is 5.26 Å². The number of benzene rings is 3. The molecule has 0 saturated carbocycles. The van der Waals surface area contributed by atoms with E-state index in [0.29, 0.717) is 0 Å². The summed E-state index contributed by atoms with van der Waals surface area (Å²) in [6.45, 7) is -0.491. The second-order valence-corrected chi connectivity index (χ2v) is 7.89. The van der Waals surface area contributed by atoms with Crippen LogP contribution in [-0.2, 0) is 26.2 Å². The van der Waals surface area contributed by atoms with Crippen LogP contribution in [-0.4, -0.2) is 20.9 Å². The van der Waals surface area contributed by atoms with Crippen molar-refractivity contribution in [3.63, 3.8) is 0 Å². The predicted molar refractivity (Wildman–Crippen MR) is 108 cm³/mol. The average molecular weight is 406 g/mol. The van der Waals surface area contributed by atoms with E-state index in [-0.39, 0.29) is 17.1 Å². The Morgan fingerprint density at radius 1 is 0.897 bits per heavy atom. The van der Waals surface area contributed by atoms with Crippen molar-refractivity contribution in [3.8, 4) is 17.2 Å². The molecule has 0 heterocycles. The normalized spacial score (nSPS) is 10.9. The van der Waals surface area contributed by atoms with Gasteiger partial charge in [-0.2, -0.15) is 9.98 Å². The molecule has 0 aliphatic carbocycles. The molecule has 0 saturated heterocycles. The Bertz CT molecular complexity index is 1140. The third kappa shape index (κ3) is 5.29. The number of carbonyl (C=O) groups is 1. The number of carbonyl (C=O) groups excluding carboxylic acids is 1. The summed E-state index contributed by atoms with van der Waals surface area (Å²) in [5.41, 5.74) is 2.93. The molecular weight excluding hydrogens is 388 g/mol. The maximum atomic E-state index is 12.3. The van der Waals surface area contributed by atoms with Crippen molar-refractivity contribution >= 4 is 16.0 Å². The van der Waals surface area contributed by atoms with E-state index >= 15 is 0 Å². The summed E-state index contributed by atoms with van der Waals surface area (Å²) in [6.07, 6.45) is 0. The fraction of sp³-hybridized carbons (Fsp3) is 0.0909. The zero-order valence-electron chi connectivity index (χ0n) is 15.4. The summed E-state index contributed by atoms with van der Waals surface area (Å²) in [5, 5.41) is 9.03. The largest absolute Gasteiger partial charge is 0.460 e. The highest BCUT2D eigenvalue weighted by Gasteiger charge is 2.19. The van der Waals surface area contributed by atoms with Gasteiger partial charge in [-0.1, -0.05) is 66.7 Å². The molecule has 3 aromatic rings. The van der Waals surface area contributed by atoms with E-state index < -0.39 is 22.5 Å². The number of sulfonamides is 1. The van der Waals surface area contributed by atoms with Crippen LogP contribution in [0.2, 0.25) is 0 Å². The number of nitrogens with one attached hydrogen (secondary N) is 1. The number of hydrogen-bond acceptors (Lipinski definition) is 5. The lowest BCUT2D eigenvalue weighted by molar-refractivity contribution is -0.143. The van der Waals surface area contributed by atoms with Gasteiger partial charge in [0.15, 0.2) is 0 Å². The van der Waals surface area contributed by atoms with E-state index in [1.54, 1.807) is 6.07 Å². The van der Waals surface area contributed by atoms with E-state index in [4.69, 9.17) is 10.00 Å². The second-order valence-electron chi connectivity index (χ2n) is 6.16. The summed E-state index contributed by atoms with van der Waals surface area (Å²) in [7, 11) is -3.99. The molecule has 146 valence electrons. The molecule has 0 aliphatic heterocycles. The molecule has 0 unspecified atom stereocenters. The van der Waals surface area contributed by atoms with E-state index in [1.807, 2.05) is 60.7 Å². The van der Waals surface area contributed by atoms with E-state index in [2.05, 4.69) is 4.72 Å². The van der Waals surface area contributed by atoms with Gasteiger partial charge in [-0.25, -0.2) is 8.42 Å². The van der Waals surface area contributed by atoms with Crippen LogP contribution in [0.25, 0.3) is 11.1 Å². The van der Waals surface area contributed by atoms with Gasteiger partial charge in [0, 0.05) is 0 Å². The molecule has 0 fully saturated rings. The SMILES string of the molecule is N#Cc1ccccc1S(=O)(=O)NCC(=O)OCc1ccc(-c2ccccc2)cc1. The van der Waals surface area contributed by atoms with Gasteiger partial charge >= 0.3 is 5.97 Å². The first-order chi connectivity index (χ1) is 14.0. The zero-order valence-corrected chi connectivity index (χ0v) is 16.2. The van der Waals surface area contributed by atoms with Crippen molar-refractivity contribution in [1.82, 2.24) is 4.72 Å². The minimum atomic E-state index is -3.99. The van der Waals surface area contributed by atoms with Gasteiger partial charge in [-0.05, 0) is 28.8 Å². The molecule has 3 aromatic carbocycles. The third-order valence-corrected chi connectivity index (χ3v) is 5.62. The molecule has 7 heteroatoms. The van der Waals surface area contributed by atoms with E-state index in [0.717, 1.165) is 16.7 Å². The van der Waals surface area contributed by atoms with Crippen LogP contribution in [0.3, 0.4) is 0 Å². The molecule has 0 radical (unpaired) electrons. The first kappa shape index (κ1) is 20.3. The topological polar surface area (TPSA) is 96.3 Å². The van der Waals surface area contributed by atoms with Gasteiger partial charge in [0.05, 0.1) is 10.5 Å².